The third kappa shape index (κ3) is 6.77. The van der Waals surface area contributed by atoms with Crippen molar-refractivity contribution in [2.24, 2.45) is 5.92 Å². The molecule has 25 heavy (non-hydrogen) atoms. The first-order valence-electron chi connectivity index (χ1n) is 9.36. The number of aliphatic hydroxyl groups is 1. The number of hydrogen-bond acceptors (Lipinski definition) is 4. The Bertz CT molecular complexity index is 539. The number of benzene rings is 1. The lowest BCUT2D eigenvalue weighted by atomic mass is 10.1. The fraction of sp³-hybridized carbons (Fsp3) is 0.650. The van der Waals surface area contributed by atoms with Crippen molar-refractivity contribution in [3.63, 3.8) is 0 Å². The largest absolute Gasteiger partial charge is 0.393 e. The SMILES string of the molecule is CC(C)CCOC(C)C(=O)Nc1ccccc1CN1CCC(O)CC1. The summed E-state index contributed by atoms with van der Waals surface area (Å²) in [4.78, 5) is 14.7. The zero-order valence-electron chi connectivity index (χ0n) is 15.7. The Morgan fingerprint density at radius 1 is 1.28 bits per heavy atom. The van der Waals surface area contributed by atoms with Crippen LogP contribution in [0.15, 0.2) is 24.3 Å². The normalized spacial score (nSPS) is 17.6. The molecule has 0 aromatic heterocycles. The van der Waals surface area contributed by atoms with Gasteiger partial charge in [0.15, 0.2) is 0 Å². The molecule has 0 saturated carbocycles. The molecule has 0 spiro atoms. The Hall–Kier alpha value is -1.43. The molecule has 140 valence electrons. The van der Waals surface area contributed by atoms with E-state index >= 15 is 0 Å². The van der Waals surface area contributed by atoms with Gasteiger partial charge in [-0.05, 0) is 43.7 Å². The molecule has 1 aromatic carbocycles. The molecule has 0 aliphatic carbocycles. The van der Waals surface area contributed by atoms with Gasteiger partial charge in [0.2, 0.25) is 0 Å². The highest BCUT2D eigenvalue weighted by molar-refractivity contribution is 5.94. The Kier molecular flexibility index (Phi) is 7.88. The summed E-state index contributed by atoms with van der Waals surface area (Å²) in [6.45, 7) is 9.24. The van der Waals surface area contributed by atoms with Gasteiger partial charge in [-0.1, -0.05) is 32.0 Å². The Morgan fingerprint density at radius 2 is 1.96 bits per heavy atom. The molecule has 1 fully saturated rings. The number of amides is 1. The molecular formula is C20H32N2O3. The lowest BCUT2D eigenvalue weighted by Crippen LogP contribution is -2.35. The number of nitrogens with zero attached hydrogens (tertiary/aromatic N) is 1. The molecule has 1 heterocycles. The summed E-state index contributed by atoms with van der Waals surface area (Å²) >= 11 is 0. The number of carbonyl (C=O) groups is 1. The maximum absolute atomic E-state index is 12.4. The molecule has 1 saturated heterocycles. The molecule has 0 radical (unpaired) electrons. The van der Waals surface area contributed by atoms with Crippen LogP contribution >= 0.6 is 0 Å². The van der Waals surface area contributed by atoms with Crippen molar-refractivity contribution in [1.29, 1.82) is 0 Å². The number of hydrogen-bond donors (Lipinski definition) is 2. The van der Waals surface area contributed by atoms with Crippen LogP contribution in [0.3, 0.4) is 0 Å². The first-order chi connectivity index (χ1) is 12.0. The second-order valence-corrected chi connectivity index (χ2v) is 7.35. The Labute approximate surface area is 151 Å². The highest BCUT2D eigenvalue weighted by Gasteiger charge is 2.19. The molecule has 1 aliphatic heterocycles. The number of para-hydroxylation sites is 1. The van der Waals surface area contributed by atoms with Crippen molar-refractivity contribution in [3.8, 4) is 0 Å². The van der Waals surface area contributed by atoms with Crippen LogP contribution in [0.4, 0.5) is 5.69 Å². The zero-order valence-corrected chi connectivity index (χ0v) is 15.7. The highest BCUT2D eigenvalue weighted by Crippen LogP contribution is 2.20. The summed E-state index contributed by atoms with van der Waals surface area (Å²) in [5, 5.41) is 12.6. The standard InChI is InChI=1S/C20H32N2O3/c1-15(2)10-13-25-16(3)20(24)21-19-7-5-4-6-17(19)14-22-11-8-18(23)9-12-22/h4-7,15-16,18,23H,8-14H2,1-3H3,(H,21,24). The van der Waals surface area contributed by atoms with Crippen molar-refractivity contribution >= 4 is 11.6 Å². The van der Waals surface area contributed by atoms with E-state index < -0.39 is 6.10 Å². The summed E-state index contributed by atoms with van der Waals surface area (Å²) in [5.41, 5.74) is 1.94. The molecule has 0 bridgehead atoms. The lowest BCUT2D eigenvalue weighted by molar-refractivity contribution is -0.126. The molecule has 1 unspecified atom stereocenters. The van der Waals surface area contributed by atoms with E-state index in [-0.39, 0.29) is 12.0 Å². The first-order valence-corrected chi connectivity index (χ1v) is 9.36. The number of nitrogens with one attached hydrogen (secondary N) is 1. The van der Waals surface area contributed by atoms with Gasteiger partial charge in [-0.3, -0.25) is 9.69 Å². The minimum atomic E-state index is -0.461. The van der Waals surface area contributed by atoms with Gasteiger partial charge in [-0.25, -0.2) is 0 Å². The van der Waals surface area contributed by atoms with Gasteiger partial charge in [-0.15, -0.1) is 0 Å². The smallest absolute Gasteiger partial charge is 0.253 e. The number of aliphatic hydroxyl groups excluding tert-OH is 1. The second-order valence-electron chi connectivity index (χ2n) is 7.35. The van der Waals surface area contributed by atoms with E-state index in [1.165, 1.54) is 0 Å². The van der Waals surface area contributed by atoms with E-state index in [1.54, 1.807) is 6.92 Å². The van der Waals surface area contributed by atoms with Crippen LogP contribution in [-0.4, -0.2) is 47.8 Å². The molecule has 1 amide bonds. The molecule has 1 atom stereocenters. The minimum Gasteiger partial charge on any atom is -0.393 e. The number of ether oxygens (including phenoxy) is 1. The van der Waals surface area contributed by atoms with Gasteiger partial charge in [0.25, 0.3) is 5.91 Å². The lowest BCUT2D eigenvalue weighted by Gasteiger charge is -2.30. The van der Waals surface area contributed by atoms with Crippen LogP contribution in [0.2, 0.25) is 0 Å². The minimum absolute atomic E-state index is 0.106. The van der Waals surface area contributed by atoms with Gasteiger partial charge < -0.3 is 15.2 Å². The quantitative estimate of drug-likeness (QED) is 0.758. The van der Waals surface area contributed by atoms with E-state index in [0.29, 0.717) is 12.5 Å². The third-order valence-electron chi connectivity index (χ3n) is 4.66. The van der Waals surface area contributed by atoms with Crippen molar-refractivity contribution < 1.29 is 14.6 Å². The third-order valence-corrected chi connectivity index (χ3v) is 4.66. The Balaban J connectivity index is 1.89. The summed E-state index contributed by atoms with van der Waals surface area (Å²) < 4.78 is 5.64. The average Bonchev–Trinajstić information content (AvgIpc) is 2.58. The summed E-state index contributed by atoms with van der Waals surface area (Å²) in [5.74, 6) is 0.462. The van der Waals surface area contributed by atoms with Crippen molar-refractivity contribution in [3.05, 3.63) is 29.8 Å². The van der Waals surface area contributed by atoms with Crippen LogP contribution < -0.4 is 5.32 Å². The molecule has 1 aromatic rings. The van der Waals surface area contributed by atoms with Gasteiger partial charge in [0.1, 0.15) is 6.10 Å². The van der Waals surface area contributed by atoms with Gasteiger partial charge in [0.05, 0.1) is 6.10 Å². The summed E-state index contributed by atoms with van der Waals surface area (Å²) in [6.07, 6.45) is 1.95. The van der Waals surface area contributed by atoms with Crippen LogP contribution in [0.5, 0.6) is 0 Å². The van der Waals surface area contributed by atoms with Crippen LogP contribution in [0.1, 0.15) is 45.6 Å². The Morgan fingerprint density at radius 3 is 2.64 bits per heavy atom. The molecule has 2 rings (SSSR count). The monoisotopic (exact) mass is 348 g/mol. The van der Waals surface area contributed by atoms with Crippen LogP contribution in [0.25, 0.3) is 0 Å². The van der Waals surface area contributed by atoms with Gasteiger partial charge >= 0.3 is 0 Å². The number of rotatable bonds is 8. The molecule has 2 N–H and O–H groups in total. The fourth-order valence-electron chi connectivity index (χ4n) is 2.89. The van der Waals surface area contributed by atoms with Crippen LogP contribution in [-0.2, 0) is 16.1 Å². The summed E-state index contributed by atoms with van der Waals surface area (Å²) in [6, 6.07) is 7.91. The predicted molar refractivity (Wildman–Crippen MR) is 100 cm³/mol. The van der Waals surface area contributed by atoms with Crippen molar-refractivity contribution in [2.75, 3.05) is 25.0 Å². The zero-order chi connectivity index (χ0) is 18.2. The number of anilines is 1. The molecular weight excluding hydrogens is 316 g/mol. The average molecular weight is 348 g/mol. The topological polar surface area (TPSA) is 61.8 Å². The van der Waals surface area contributed by atoms with Gasteiger partial charge in [-0.2, -0.15) is 0 Å². The number of likely N-dealkylation sites (tertiary alicyclic amines) is 1. The first kappa shape index (κ1) is 19.9. The van der Waals surface area contributed by atoms with Crippen molar-refractivity contribution in [1.82, 2.24) is 4.90 Å². The maximum atomic E-state index is 12.4. The second kappa shape index (κ2) is 9.90. The molecule has 1 aliphatic rings. The predicted octanol–water partition coefficient (Wildman–Crippen LogP) is 3.03. The van der Waals surface area contributed by atoms with Gasteiger partial charge in [0, 0.05) is 31.9 Å². The van der Waals surface area contributed by atoms with E-state index in [9.17, 15) is 9.90 Å². The molecule has 5 heteroatoms. The molecule has 5 nitrogen and oxygen atoms in total. The van der Waals surface area contributed by atoms with E-state index in [2.05, 4.69) is 24.1 Å². The number of carbonyl (C=O) groups excluding carboxylic acids is 1. The fourth-order valence-corrected chi connectivity index (χ4v) is 2.89. The van der Waals surface area contributed by atoms with Crippen LogP contribution in [0, 0.1) is 5.92 Å². The summed E-state index contributed by atoms with van der Waals surface area (Å²) in [7, 11) is 0. The number of piperidine rings is 1. The van der Waals surface area contributed by atoms with E-state index in [0.717, 1.165) is 50.1 Å². The highest BCUT2D eigenvalue weighted by atomic mass is 16.5. The van der Waals surface area contributed by atoms with E-state index in [1.807, 2.05) is 24.3 Å². The van der Waals surface area contributed by atoms with Crippen molar-refractivity contribution in [2.45, 2.75) is 58.8 Å². The van der Waals surface area contributed by atoms with E-state index in [4.69, 9.17) is 4.74 Å². The maximum Gasteiger partial charge on any atom is 0.253 e.